The SMILES string of the molecule is CC(CO)CSCc1ccno1. The fourth-order valence-corrected chi connectivity index (χ4v) is 1.71. The molecule has 0 saturated carbocycles. The largest absolute Gasteiger partial charge is 0.396 e. The number of aliphatic hydroxyl groups excluding tert-OH is 1. The molecular weight excluding hydrogens is 174 g/mol. The van der Waals surface area contributed by atoms with E-state index in [-0.39, 0.29) is 6.61 Å². The van der Waals surface area contributed by atoms with Crippen LogP contribution < -0.4 is 0 Å². The van der Waals surface area contributed by atoms with Crippen LogP contribution in [-0.4, -0.2) is 22.6 Å². The van der Waals surface area contributed by atoms with Gasteiger partial charge in [-0.1, -0.05) is 12.1 Å². The molecule has 1 N–H and O–H groups in total. The van der Waals surface area contributed by atoms with Gasteiger partial charge < -0.3 is 9.63 Å². The molecule has 0 fully saturated rings. The fraction of sp³-hybridized carbons (Fsp3) is 0.625. The van der Waals surface area contributed by atoms with Crippen LogP contribution in [0.3, 0.4) is 0 Å². The molecule has 1 unspecified atom stereocenters. The van der Waals surface area contributed by atoms with Gasteiger partial charge in [-0.25, -0.2) is 0 Å². The third kappa shape index (κ3) is 3.28. The number of hydrogen-bond donors (Lipinski definition) is 1. The average molecular weight is 187 g/mol. The molecule has 4 heteroatoms. The van der Waals surface area contributed by atoms with Gasteiger partial charge in [0.25, 0.3) is 0 Å². The molecule has 0 spiro atoms. The van der Waals surface area contributed by atoms with E-state index in [0.29, 0.717) is 5.92 Å². The van der Waals surface area contributed by atoms with Crippen LogP contribution in [0.25, 0.3) is 0 Å². The van der Waals surface area contributed by atoms with Gasteiger partial charge in [0, 0.05) is 12.7 Å². The summed E-state index contributed by atoms with van der Waals surface area (Å²) in [6, 6.07) is 1.86. The van der Waals surface area contributed by atoms with E-state index in [1.165, 1.54) is 0 Å². The molecular formula is C8H13NO2S. The fourth-order valence-electron chi connectivity index (χ4n) is 0.730. The van der Waals surface area contributed by atoms with Gasteiger partial charge in [0.1, 0.15) is 5.76 Å². The Balaban J connectivity index is 2.11. The molecule has 0 aliphatic heterocycles. The van der Waals surface area contributed by atoms with Crippen LogP contribution >= 0.6 is 11.8 Å². The molecule has 0 aromatic carbocycles. The highest BCUT2D eigenvalue weighted by molar-refractivity contribution is 7.98. The van der Waals surface area contributed by atoms with Crippen LogP contribution in [0.15, 0.2) is 16.8 Å². The number of aromatic nitrogens is 1. The highest BCUT2D eigenvalue weighted by Crippen LogP contribution is 2.14. The molecule has 1 rings (SSSR count). The molecule has 0 bridgehead atoms. The van der Waals surface area contributed by atoms with Crippen molar-refractivity contribution in [3.05, 3.63) is 18.0 Å². The van der Waals surface area contributed by atoms with Gasteiger partial charge in [-0.3, -0.25) is 0 Å². The number of hydrogen-bond acceptors (Lipinski definition) is 4. The Bertz CT molecular complexity index is 201. The summed E-state index contributed by atoms with van der Waals surface area (Å²) >= 11 is 1.75. The highest BCUT2D eigenvalue weighted by Gasteiger charge is 2.01. The van der Waals surface area contributed by atoms with Crippen LogP contribution in [0.1, 0.15) is 12.7 Å². The first-order valence-electron chi connectivity index (χ1n) is 3.91. The van der Waals surface area contributed by atoms with Crippen LogP contribution in [0.5, 0.6) is 0 Å². The first kappa shape index (κ1) is 9.61. The monoisotopic (exact) mass is 187 g/mol. The molecule has 0 amide bonds. The van der Waals surface area contributed by atoms with Gasteiger partial charge in [0.2, 0.25) is 0 Å². The van der Waals surface area contributed by atoms with Crippen molar-refractivity contribution in [1.29, 1.82) is 0 Å². The van der Waals surface area contributed by atoms with Crippen LogP contribution in [-0.2, 0) is 5.75 Å². The lowest BCUT2D eigenvalue weighted by Gasteiger charge is -2.04. The summed E-state index contributed by atoms with van der Waals surface area (Å²) in [5.74, 6) is 3.05. The van der Waals surface area contributed by atoms with E-state index in [1.54, 1.807) is 18.0 Å². The van der Waals surface area contributed by atoms with E-state index < -0.39 is 0 Å². The maximum absolute atomic E-state index is 8.74. The van der Waals surface area contributed by atoms with Crippen molar-refractivity contribution in [2.24, 2.45) is 5.92 Å². The zero-order valence-corrected chi connectivity index (χ0v) is 7.88. The van der Waals surface area contributed by atoms with Crippen LogP contribution in [0.2, 0.25) is 0 Å². The molecule has 0 radical (unpaired) electrons. The normalized spacial score (nSPS) is 13.2. The number of aliphatic hydroxyl groups is 1. The lowest BCUT2D eigenvalue weighted by Crippen LogP contribution is -2.03. The predicted octanol–water partition coefficient (Wildman–Crippen LogP) is 1.54. The number of nitrogens with zero attached hydrogens (tertiary/aromatic N) is 1. The summed E-state index contributed by atoms with van der Waals surface area (Å²) in [7, 11) is 0. The van der Waals surface area contributed by atoms with E-state index >= 15 is 0 Å². The Morgan fingerprint density at radius 1 is 1.75 bits per heavy atom. The summed E-state index contributed by atoms with van der Waals surface area (Å²) in [4.78, 5) is 0. The van der Waals surface area contributed by atoms with Crippen molar-refractivity contribution < 1.29 is 9.63 Å². The maximum Gasteiger partial charge on any atom is 0.146 e. The second-order valence-corrected chi connectivity index (χ2v) is 3.81. The summed E-state index contributed by atoms with van der Waals surface area (Å²) in [6.45, 7) is 2.27. The quantitative estimate of drug-likeness (QED) is 0.759. The third-order valence-electron chi connectivity index (χ3n) is 1.45. The third-order valence-corrected chi connectivity index (χ3v) is 2.74. The van der Waals surface area contributed by atoms with E-state index in [0.717, 1.165) is 17.3 Å². The molecule has 1 atom stereocenters. The minimum Gasteiger partial charge on any atom is -0.396 e. The lowest BCUT2D eigenvalue weighted by atomic mass is 10.2. The van der Waals surface area contributed by atoms with E-state index in [9.17, 15) is 0 Å². The van der Waals surface area contributed by atoms with Crippen molar-refractivity contribution in [2.45, 2.75) is 12.7 Å². The minimum atomic E-state index is 0.253. The minimum absolute atomic E-state index is 0.253. The zero-order chi connectivity index (χ0) is 8.81. The molecule has 3 nitrogen and oxygen atoms in total. The summed E-state index contributed by atoms with van der Waals surface area (Å²) in [5.41, 5.74) is 0. The number of rotatable bonds is 5. The Morgan fingerprint density at radius 2 is 2.58 bits per heavy atom. The molecule has 0 aliphatic rings. The van der Waals surface area contributed by atoms with E-state index in [1.807, 2.05) is 13.0 Å². The first-order chi connectivity index (χ1) is 5.83. The molecule has 1 aromatic rings. The second-order valence-electron chi connectivity index (χ2n) is 2.78. The Labute approximate surface area is 76.1 Å². The van der Waals surface area contributed by atoms with Crippen LogP contribution in [0.4, 0.5) is 0 Å². The Hall–Kier alpha value is -0.480. The van der Waals surface area contributed by atoms with Gasteiger partial charge in [-0.05, 0) is 11.7 Å². The molecule has 1 heterocycles. The smallest absolute Gasteiger partial charge is 0.146 e. The molecule has 68 valence electrons. The van der Waals surface area contributed by atoms with Crippen LogP contribution in [0, 0.1) is 5.92 Å². The summed E-state index contributed by atoms with van der Waals surface area (Å²) in [5, 5.41) is 12.3. The van der Waals surface area contributed by atoms with Crippen molar-refractivity contribution >= 4 is 11.8 Å². The van der Waals surface area contributed by atoms with Gasteiger partial charge in [0.05, 0.1) is 11.9 Å². The Kier molecular flexibility index (Phi) is 4.18. The lowest BCUT2D eigenvalue weighted by molar-refractivity contribution is 0.250. The zero-order valence-electron chi connectivity index (χ0n) is 7.06. The summed E-state index contributed by atoms with van der Waals surface area (Å²) < 4.78 is 4.92. The maximum atomic E-state index is 8.74. The second kappa shape index (κ2) is 5.22. The Morgan fingerprint density at radius 3 is 3.17 bits per heavy atom. The summed E-state index contributed by atoms with van der Waals surface area (Å²) in [6.07, 6.45) is 1.64. The molecule has 1 aromatic heterocycles. The van der Waals surface area contributed by atoms with Crippen molar-refractivity contribution in [3.8, 4) is 0 Å². The van der Waals surface area contributed by atoms with Crippen molar-refractivity contribution in [1.82, 2.24) is 5.16 Å². The van der Waals surface area contributed by atoms with Crippen molar-refractivity contribution in [3.63, 3.8) is 0 Å². The number of thioether (sulfide) groups is 1. The van der Waals surface area contributed by atoms with Gasteiger partial charge >= 0.3 is 0 Å². The topological polar surface area (TPSA) is 46.3 Å². The van der Waals surface area contributed by atoms with Gasteiger partial charge in [-0.15, -0.1) is 0 Å². The van der Waals surface area contributed by atoms with E-state index in [2.05, 4.69) is 5.16 Å². The van der Waals surface area contributed by atoms with Gasteiger partial charge in [0.15, 0.2) is 0 Å². The standard InChI is InChI=1S/C8H13NO2S/c1-7(4-10)5-12-6-8-2-3-9-11-8/h2-3,7,10H,4-6H2,1H3. The molecule has 12 heavy (non-hydrogen) atoms. The van der Waals surface area contributed by atoms with E-state index in [4.69, 9.17) is 9.63 Å². The average Bonchev–Trinajstić information content (AvgIpc) is 2.57. The molecule has 0 aliphatic carbocycles. The van der Waals surface area contributed by atoms with Crippen molar-refractivity contribution in [2.75, 3.05) is 12.4 Å². The highest BCUT2D eigenvalue weighted by atomic mass is 32.2. The van der Waals surface area contributed by atoms with Gasteiger partial charge in [-0.2, -0.15) is 11.8 Å². The first-order valence-corrected chi connectivity index (χ1v) is 5.06. The predicted molar refractivity (Wildman–Crippen MR) is 48.9 cm³/mol. The molecule has 0 saturated heterocycles.